The van der Waals surface area contributed by atoms with Crippen molar-refractivity contribution in [3.05, 3.63) is 89.1 Å². The van der Waals surface area contributed by atoms with Crippen LogP contribution in [0.1, 0.15) is 78.6 Å². The number of amides is 5. The Bertz CT molecular complexity index is 2390. The third-order valence-electron chi connectivity index (χ3n) is 10.9. The van der Waals surface area contributed by atoms with Gasteiger partial charge in [-0.15, -0.1) is 0 Å². The number of likely N-dealkylation sites (N-methyl/N-ethyl adjacent to an activating group) is 1. The van der Waals surface area contributed by atoms with E-state index in [-0.39, 0.29) is 57.8 Å². The third kappa shape index (κ3) is 12.8. The second-order valence-corrected chi connectivity index (χ2v) is 15.9. The first-order valence-corrected chi connectivity index (χ1v) is 22.1. The molecule has 2 aromatic heterocycles. The van der Waals surface area contributed by atoms with Gasteiger partial charge in [0.25, 0.3) is 5.91 Å². The van der Waals surface area contributed by atoms with Gasteiger partial charge in [0.2, 0.25) is 23.6 Å². The van der Waals surface area contributed by atoms with Crippen molar-refractivity contribution in [1.29, 1.82) is 5.26 Å². The summed E-state index contributed by atoms with van der Waals surface area (Å²) in [4.78, 5) is 85.0. The van der Waals surface area contributed by atoms with Gasteiger partial charge in [-0.25, -0.2) is 9.97 Å². The van der Waals surface area contributed by atoms with Gasteiger partial charge in [0.1, 0.15) is 61.2 Å². The molecule has 19 heteroatoms. The minimum atomic E-state index is -1.40. The van der Waals surface area contributed by atoms with Crippen molar-refractivity contribution in [2.75, 3.05) is 46.4 Å². The maximum atomic E-state index is 14.7. The summed E-state index contributed by atoms with van der Waals surface area (Å²) >= 11 is 0. The van der Waals surface area contributed by atoms with E-state index >= 15 is 0 Å². The van der Waals surface area contributed by atoms with Gasteiger partial charge in [-0.3, -0.25) is 29.0 Å². The van der Waals surface area contributed by atoms with Crippen LogP contribution in [-0.2, 0) is 32.0 Å². The van der Waals surface area contributed by atoms with Crippen LogP contribution in [0.2, 0.25) is 0 Å². The van der Waals surface area contributed by atoms with Gasteiger partial charge >= 0.3 is 0 Å². The SMILES string of the molecule is CCCCCc1ncc(-c2ccc(C(=O)N[C@@H](CCN)C(=O)N(C)[C@@H]3C(=O)N[C@@H](C)C(=O)N[C@H](C(=O)NCC#N)Cc4ccc(OCCN)c(c4)-c4cc3ccc4OCCN)c(C)n2)cn1. The van der Waals surface area contributed by atoms with Gasteiger partial charge < -0.3 is 52.8 Å². The van der Waals surface area contributed by atoms with Gasteiger partial charge in [-0.2, -0.15) is 5.26 Å². The Morgan fingerprint density at radius 2 is 1.61 bits per heavy atom. The zero-order chi connectivity index (χ0) is 47.8. The molecule has 4 atom stereocenters. The van der Waals surface area contributed by atoms with E-state index < -0.39 is 53.7 Å². The van der Waals surface area contributed by atoms with Crippen molar-refractivity contribution >= 4 is 29.5 Å². The molecule has 0 aliphatic carbocycles. The van der Waals surface area contributed by atoms with Crippen molar-refractivity contribution in [2.45, 2.75) is 83.5 Å². The number of unbranched alkanes of at least 4 members (excludes halogenated alkanes) is 2. The summed E-state index contributed by atoms with van der Waals surface area (Å²) in [6.45, 7) is 5.63. The highest BCUT2D eigenvalue weighted by Gasteiger charge is 2.36. The van der Waals surface area contributed by atoms with E-state index in [2.05, 4.69) is 43.1 Å². The molecule has 2 aromatic carbocycles. The molecule has 19 nitrogen and oxygen atoms in total. The molecule has 0 unspecified atom stereocenters. The number of rotatable bonds is 19. The maximum absolute atomic E-state index is 14.7. The lowest BCUT2D eigenvalue weighted by Gasteiger charge is -2.32. The number of nitrogens with zero attached hydrogens (tertiary/aromatic N) is 5. The number of aryl methyl sites for hydroxylation is 2. The number of aromatic nitrogens is 3. The van der Waals surface area contributed by atoms with E-state index in [4.69, 9.17) is 31.9 Å². The molecule has 0 spiro atoms. The molecule has 66 heavy (non-hydrogen) atoms. The number of nitrogens with two attached hydrogens (primary N) is 3. The van der Waals surface area contributed by atoms with Crippen LogP contribution in [0.25, 0.3) is 22.4 Å². The van der Waals surface area contributed by atoms with Crippen molar-refractivity contribution in [1.82, 2.24) is 41.1 Å². The van der Waals surface area contributed by atoms with E-state index in [9.17, 15) is 24.0 Å². The smallest absolute Gasteiger partial charge is 0.253 e. The molecule has 350 valence electrons. The standard InChI is InChI=1S/C47H60N12O7/c1-5-6-7-8-41-53-26-32(27-54-41)36-12-11-33(28(2)55-36)44(61)57-37(15-16-48)47(64)59(4)42-31-10-14-40(66-22-19-51)35(25-31)34-23-30(9-13-39(34)65-21-18-50)24-38(45(62)52-20-17-49)58-43(60)29(3)56-46(42)63/h9-14,23,25-27,29,37-38,42H,5-8,15-16,18-22,24,48,50-51H2,1-4H3,(H,52,62)(H,56,63)(H,57,61)(H,58,60)/t29-,37-,38-,42-/m0/s1. The fourth-order valence-corrected chi connectivity index (χ4v) is 7.48. The number of carbonyl (C=O) groups excluding carboxylic acids is 5. The molecule has 10 N–H and O–H groups in total. The van der Waals surface area contributed by atoms with Crippen LogP contribution < -0.4 is 47.9 Å². The number of nitriles is 1. The van der Waals surface area contributed by atoms with Gasteiger partial charge in [-0.1, -0.05) is 31.9 Å². The number of nitrogens with one attached hydrogen (secondary N) is 4. The van der Waals surface area contributed by atoms with Gasteiger partial charge in [-0.05, 0) is 80.8 Å². The summed E-state index contributed by atoms with van der Waals surface area (Å²) in [5, 5.41) is 19.9. The monoisotopic (exact) mass is 904 g/mol. The molecule has 1 aliphatic rings. The van der Waals surface area contributed by atoms with E-state index in [1.165, 1.54) is 18.9 Å². The minimum absolute atomic E-state index is 0.00235. The first-order valence-electron chi connectivity index (χ1n) is 22.1. The van der Waals surface area contributed by atoms with Crippen LogP contribution in [0.4, 0.5) is 0 Å². The largest absolute Gasteiger partial charge is 0.492 e. The first kappa shape index (κ1) is 50.0. The minimum Gasteiger partial charge on any atom is -0.492 e. The number of fused-ring (bicyclic) bond motifs is 5. The van der Waals surface area contributed by atoms with Crippen molar-refractivity contribution < 1.29 is 33.4 Å². The topological polar surface area (TPSA) is 296 Å². The van der Waals surface area contributed by atoms with Gasteiger partial charge in [0, 0.05) is 62.1 Å². The average Bonchev–Trinajstić information content (AvgIpc) is 3.31. The third-order valence-corrected chi connectivity index (χ3v) is 10.9. The summed E-state index contributed by atoms with van der Waals surface area (Å²) < 4.78 is 12.2. The van der Waals surface area contributed by atoms with Crippen LogP contribution in [0.5, 0.6) is 11.5 Å². The Kier molecular flexibility index (Phi) is 18.4. The molecule has 0 saturated heterocycles. The quantitative estimate of drug-likeness (QED) is 0.0522. The number of pyridine rings is 1. The number of hydrogen-bond donors (Lipinski definition) is 7. The van der Waals surface area contributed by atoms with Crippen molar-refractivity contribution in [3.8, 4) is 40.0 Å². The Morgan fingerprint density at radius 1 is 0.924 bits per heavy atom. The Morgan fingerprint density at radius 3 is 2.24 bits per heavy atom. The normalized spacial score (nSPS) is 16.4. The summed E-state index contributed by atoms with van der Waals surface area (Å²) in [5.41, 5.74) is 21.4. The first-order chi connectivity index (χ1) is 31.8. The summed E-state index contributed by atoms with van der Waals surface area (Å²) in [6, 6.07) is 10.3. The molecule has 0 saturated carbocycles. The summed E-state index contributed by atoms with van der Waals surface area (Å²) in [5.74, 6) is -1.79. The number of hydrogen-bond acceptors (Lipinski definition) is 14. The molecule has 0 radical (unpaired) electrons. The number of ether oxygens (including phenoxy) is 2. The molecule has 4 bridgehead atoms. The highest BCUT2D eigenvalue weighted by molar-refractivity contribution is 6.00. The molecular formula is C47H60N12O7. The Hall–Kier alpha value is -7.01. The lowest BCUT2D eigenvalue weighted by molar-refractivity contribution is -0.141. The van der Waals surface area contributed by atoms with Crippen molar-refractivity contribution in [2.24, 2.45) is 17.2 Å². The lowest BCUT2D eigenvalue weighted by Crippen LogP contribution is -2.56. The van der Waals surface area contributed by atoms with Crippen LogP contribution in [0.15, 0.2) is 60.9 Å². The number of benzene rings is 2. The molecule has 1 aliphatic heterocycles. The van der Waals surface area contributed by atoms with Crippen LogP contribution >= 0.6 is 0 Å². The predicted molar refractivity (Wildman–Crippen MR) is 247 cm³/mol. The predicted octanol–water partition coefficient (Wildman–Crippen LogP) is 1.75. The van der Waals surface area contributed by atoms with E-state index in [1.807, 2.05) is 6.07 Å². The van der Waals surface area contributed by atoms with E-state index in [0.29, 0.717) is 50.7 Å². The fraction of sp³-hybridized carbons (Fsp3) is 0.426. The molecule has 4 aromatic rings. The second kappa shape index (κ2) is 24.3. The summed E-state index contributed by atoms with van der Waals surface area (Å²) in [7, 11) is 1.42. The molecule has 5 rings (SSSR count). The molecule has 3 heterocycles. The Labute approximate surface area is 384 Å². The lowest BCUT2D eigenvalue weighted by atomic mass is 9.93. The van der Waals surface area contributed by atoms with E-state index in [0.717, 1.165) is 31.5 Å². The van der Waals surface area contributed by atoms with Crippen LogP contribution in [-0.4, -0.2) is 114 Å². The average molecular weight is 905 g/mol. The van der Waals surface area contributed by atoms with Crippen LogP contribution in [0.3, 0.4) is 0 Å². The summed E-state index contributed by atoms with van der Waals surface area (Å²) in [6.07, 6.45) is 7.40. The highest BCUT2D eigenvalue weighted by atomic mass is 16.5. The van der Waals surface area contributed by atoms with Crippen molar-refractivity contribution in [3.63, 3.8) is 0 Å². The maximum Gasteiger partial charge on any atom is 0.253 e. The molecule has 0 fully saturated rings. The van der Waals surface area contributed by atoms with E-state index in [1.54, 1.807) is 67.8 Å². The van der Waals surface area contributed by atoms with Gasteiger partial charge in [0.15, 0.2) is 0 Å². The molecule has 5 amide bonds. The fourth-order valence-electron chi connectivity index (χ4n) is 7.48. The second-order valence-electron chi connectivity index (χ2n) is 15.9. The van der Waals surface area contributed by atoms with Gasteiger partial charge in [0.05, 0.1) is 23.0 Å². The number of carbonyl (C=O) groups is 5. The highest BCUT2D eigenvalue weighted by Crippen LogP contribution is 2.40. The Balaban J connectivity index is 1.53. The zero-order valence-corrected chi connectivity index (χ0v) is 37.9. The molecular weight excluding hydrogens is 845 g/mol. The van der Waals surface area contributed by atoms with Crippen LogP contribution in [0, 0.1) is 18.3 Å². The zero-order valence-electron chi connectivity index (χ0n) is 37.9.